The number of hydrogen-bond acceptors (Lipinski definition) is 1. The lowest BCUT2D eigenvalue weighted by Gasteiger charge is -2.29. The van der Waals surface area contributed by atoms with Gasteiger partial charge in [-0.05, 0) is 44.2 Å². The Kier molecular flexibility index (Phi) is 6.16. The molecule has 0 unspecified atom stereocenters. The summed E-state index contributed by atoms with van der Waals surface area (Å²) < 4.78 is 6.60. The highest BCUT2D eigenvalue weighted by molar-refractivity contribution is 6.90. The Balaban J connectivity index is 2.03. The summed E-state index contributed by atoms with van der Waals surface area (Å²) in [5.41, 5.74) is 8.35. The first kappa shape index (κ1) is 18.6. The average molecular weight is 353 g/mol. The van der Waals surface area contributed by atoms with Gasteiger partial charge >= 0.3 is 0 Å². The van der Waals surface area contributed by atoms with Crippen molar-refractivity contribution in [2.75, 3.05) is 0 Å². The van der Waals surface area contributed by atoms with E-state index < -0.39 is 16.6 Å². The molecule has 0 aromatic heterocycles. The van der Waals surface area contributed by atoms with Crippen molar-refractivity contribution in [1.29, 1.82) is 0 Å². The van der Waals surface area contributed by atoms with Crippen molar-refractivity contribution < 1.29 is 4.12 Å². The molecule has 0 aliphatic carbocycles. The third-order valence-corrected chi connectivity index (χ3v) is 9.90. The second-order valence-electron chi connectivity index (χ2n) is 7.30. The Morgan fingerprint density at radius 2 is 1.12 bits per heavy atom. The zero-order valence-corrected chi connectivity index (χ0v) is 17.4. The molecule has 126 valence electrons. The van der Waals surface area contributed by atoms with E-state index >= 15 is 0 Å². The van der Waals surface area contributed by atoms with Gasteiger partial charge in [0.15, 0.2) is 16.6 Å². The van der Waals surface area contributed by atoms with Gasteiger partial charge in [-0.15, -0.1) is 0 Å². The highest BCUT2D eigenvalue weighted by Crippen LogP contribution is 2.19. The lowest BCUT2D eigenvalue weighted by atomic mass is 10.2. The van der Waals surface area contributed by atoms with Gasteiger partial charge in [0.05, 0.1) is 0 Å². The quantitative estimate of drug-likeness (QED) is 0.560. The fraction of sp³-hybridized carbons (Fsp3) is 0.238. The minimum absolute atomic E-state index is 1.23. The van der Waals surface area contributed by atoms with Crippen LogP contribution in [0.25, 0.3) is 12.2 Å². The predicted octanol–water partition coefficient (Wildman–Crippen LogP) is 6.23. The lowest BCUT2D eigenvalue weighted by molar-refractivity contribution is 0.571. The molecule has 0 amide bonds. The van der Waals surface area contributed by atoms with E-state index in [2.05, 4.69) is 105 Å². The molecule has 0 atom stereocenters. The van der Waals surface area contributed by atoms with Crippen LogP contribution in [0.5, 0.6) is 0 Å². The molecule has 1 nitrogen and oxygen atoms in total. The molecule has 0 saturated heterocycles. The first-order valence-corrected chi connectivity index (χ1v) is 14.4. The summed E-state index contributed by atoms with van der Waals surface area (Å²) in [6, 6.07) is 19.1. The second-order valence-corrected chi connectivity index (χ2v) is 15.2. The summed E-state index contributed by atoms with van der Waals surface area (Å²) in [6.07, 6.45) is 4.40. The zero-order chi connectivity index (χ0) is 17.6. The Morgan fingerprint density at radius 3 is 1.62 bits per heavy atom. The SMILES string of the molecule is Cc1ccc(/C=C/[Si](C)(C)O[Si](C)(C)/C=C/c2ccccc2)cc1. The van der Waals surface area contributed by atoms with Crippen molar-refractivity contribution in [2.45, 2.75) is 33.1 Å². The van der Waals surface area contributed by atoms with E-state index in [9.17, 15) is 0 Å². The topological polar surface area (TPSA) is 9.23 Å². The van der Waals surface area contributed by atoms with Crippen molar-refractivity contribution in [2.24, 2.45) is 0 Å². The van der Waals surface area contributed by atoms with Gasteiger partial charge < -0.3 is 4.12 Å². The standard InChI is InChI=1S/C21H28OSi2/c1-19-11-13-21(14-12-19)16-18-24(4,5)22-23(2,3)17-15-20-9-7-6-8-10-20/h6-18H,1-5H3/b17-15+,18-16+. The molecule has 24 heavy (non-hydrogen) atoms. The van der Waals surface area contributed by atoms with Crippen LogP contribution in [0.4, 0.5) is 0 Å². The van der Waals surface area contributed by atoms with Crippen LogP contribution in [0.15, 0.2) is 66.0 Å². The normalized spacial score (nSPS) is 13.0. The van der Waals surface area contributed by atoms with Crippen molar-refractivity contribution in [3.8, 4) is 0 Å². The van der Waals surface area contributed by atoms with Gasteiger partial charge in [0, 0.05) is 0 Å². The van der Waals surface area contributed by atoms with E-state index in [4.69, 9.17) is 4.12 Å². The molecule has 2 rings (SSSR count). The molecule has 3 heteroatoms. The van der Waals surface area contributed by atoms with Gasteiger partial charge in [0.25, 0.3) is 0 Å². The molecular formula is C21H28OSi2. The van der Waals surface area contributed by atoms with E-state index in [-0.39, 0.29) is 0 Å². The third-order valence-electron chi connectivity index (χ3n) is 3.76. The van der Waals surface area contributed by atoms with Gasteiger partial charge in [-0.3, -0.25) is 0 Å². The van der Waals surface area contributed by atoms with E-state index in [1.54, 1.807) is 0 Å². The summed E-state index contributed by atoms with van der Waals surface area (Å²) >= 11 is 0. The first-order chi connectivity index (χ1) is 11.3. The third kappa shape index (κ3) is 6.44. The maximum atomic E-state index is 6.60. The second kappa shape index (κ2) is 7.92. The van der Waals surface area contributed by atoms with Gasteiger partial charge in [0.1, 0.15) is 0 Å². The molecule has 0 fully saturated rings. The summed E-state index contributed by atoms with van der Waals surface area (Å²) in [5, 5.41) is 0. The largest absolute Gasteiger partial charge is 0.449 e. The average Bonchev–Trinajstić information content (AvgIpc) is 2.53. The van der Waals surface area contributed by atoms with Crippen molar-refractivity contribution >= 4 is 28.8 Å². The summed E-state index contributed by atoms with van der Waals surface area (Å²) in [6.45, 7) is 11.2. The van der Waals surface area contributed by atoms with Crippen LogP contribution < -0.4 is 0 Å². The van der Waals surface area contributed by atoms with E-state index in [0.29, 0.717) is 0 Å². The molecule has 0 saturated carbocycles. The number of aryl methyl sites for hydroxylation is 1. The Morgan fingerprint density at radius 1 is 0.667 bits per heavy atom. The molecule has 2 aromatic rings. The molecular weight excluding hydrogens is 324 g/mol. The van der Waals surface area contributed by atoms with Crippen molar-refractivity contribution in [3.05, 3.63) is 82.7 Å². The summed E-state index contributed by atoms with van der Waals surface area (Å²) in [5.74, 6) is 0. The molecule has 0 radical (unpaired) electrons. The van der Waals surface area contributed by atoms with Crippen LogP contribution >= 0.6 is 0 Å². The first-order valence-electron chi connectivity index (χ1n) is 8.46. The highest BCUT2D eigenvalue weighted by atomic mass is 28.4. The summed E-state index contributed by atoms with van der Waals surface area (Å²) in [7, 11) is -3.68. The Labute approximate surface area is 149 Å². The van der Waals surface area contributed by atoms with Crippen LogP contribution in [0.2, 0.25) is 26.2 Å². The number of benzene rings is 2. The van der Waals surface area contributed by atoms with Gasteiger partial charge in [0.2, 0.25) is 0 Å². The van der Waals surface area contributed by atoms with Crippen LogP contribution in [-0.2, 0) is 4.12 Å². The maximum Gasteiger partial charge on any atom is 0.198 e. The molecule has 0 heterocycles. The Bertz CT molecular complexity index is 698. The van der Waals surface area contributed by atoms with Gasteiger partial charge in [-0.25, -0.2) is 0 Å². The minimum Gasteiger partial charge on any atom is -0.449 e. The van der Waals surface area contributed by atoms with E-state index in [1.807, 2.05) is 6.07 Å². The molecule has 0 bridgehead atoms. The van der Waals surface area contributed by atoms with Crippen LogP contribution in [0.3, 0.4) is 0 Å². The smallest absolute Gasteiger partial charge is 0.198 e. The Hall–Kier alpha value is -1.69. The van der Waals surface area contributed by atoms with Crippen LogP contribution in [-0.4, -0.2) is 16.6 Å². The van der Waals surface area contributed by atoms with E-state index in [1.165, 1.54) is 16.7 Å². The monoisotopic (exact) mass is 352 g/mol. The van der Waals surface area contributed by atoms with Gasteiger partial charge in [-0.2, -0.15) is 0 Å². The maximum absolute atomic E-state index is 6.60. The number of rotatable bonds is 6. The molecule has 2 aromatic carbocycles. The van der Waals surface area contributed by atoms with Crippen LogP contribution in [0, 0.1) is 6.92 Å². The molecule has 0 aliphatic heterocycles. The van der Waals surface area contributed by atoms with E-state index in [0.717, 1.165) is 0 Å². The highest BCUT2D eigenvalue weighted by Gasteiger charge is 2.29. The summed E-state index contributed by atoms with van der Waals surface area (Å²) in [4.78, 5) is 0. The van der Waals surface area contributed by atoms with Crippen molar-refractivity contribution in [3.63, 3.8) is 0 Å². The number of hydrogen-bond donors (Lipinski definition) is 0. The van der Waals surface area contributed by atoms with Crippen molar-refractivity contribution in [1.82, 2.24) is 0 Å². The van der Waals surface area contributed by atoms with Crippen LogP contribution in [0.1, 0.15) is 16.7 Å². The van der Waals surface area contributed by atoms with Gasteiger partial charge in [-0.1, -0.05) is 83.7 Å². The molecule has 0 aliphatic rings. The molecule has 0 N–H and O–H groups in total. The fourth-order valence-electron chi connectivity index (χ4n) is 2.58. The minimum atomic E-state index is -1.84. The predicted molar refractivity (Wildman–Crippen MR) is 112 cm³/mol. The molecule has 0 spiro atoms. The lowest BCUT2D eigenvalue weighted by Crippen LogP contribution is -2.42. The zero-order valence-electron chi connectivity index (χ0n) is 15.4. The fourth-order valence-corrected chi connectivity index (χ4v) is 9.74.